The molecule has 0 radical (unpaired) electrons. The number of fused-ring (bicyclic) bond motifs is 1. The first kappa shape index (κ1) is 17.0. The van der Waals surface area contributed by atoms with E-state index >= 15 is 0 Å². The highest BCUT2D eigenvalue weighted by Gasteiger charge is 2.54. The number of carbonyl (C=O) groups is 2. The van der Waals surface area contributed by atoms with Gasteiger partial charge in [-0.1, -0.05) is 40.9 Å². The topological polar surface area (TPSA) is 60.9 Å². The molecule has 25 heavy (non-hydrogen) atoms. The largest absolute Gasteiger partial charge is 0.394 e. The number of amides is 2. The van der Waals surface area contributed by atoms with E-state index in [2.05, 4.69) is 15.9 Å². The van der Waals surface area contributed by atoms with Gasteiger partial charge in [0.2, 0.25) is 11.8 Å². The SMILES string of the molecule is O=C(C1CCCC1)N1CC(=O)N2[C@H](CO)[C@H](c3ccc(Br)cc3)[C@@H]2C1. The quantitative estimate of drug-likeness (QED) is 0.836. The fraction of sp³-hybridized carbons (Fsp3) is 0.579. The van der Waals surface area contributed by atoms with Crippen LogP contribution in [0, 0.1) is 5.92 Å². The molecule has 1 aromatic carbocycles. The van der Waals surface area contributed by atoms with Gasteiger partial charge < -0.3 is 14.9 Å². The van der Waals surface area contributed by atoms with Gasteiger partial charge in [-0.3, -0.25) is 9.59 Å². The van der Waals surface area contributed by atoms with Crippen LogP contribution in [0.3, 0.4) is 0 Å². The number of aliphatic hydroxyl groups is 1. The zero-order valence-corrected chi connectivity index (χ0v) is 15.7. The Kier molecular flexibility index (Phi) is 4.58. The molecule has 4 rings (SSSR count). The average molecular weight is 407 g/mol. The smallest absolute Gasteiger partial charge is 0.242 e. The first-order valence-corrected chi connectivity index (χ1v) is 9.85. The maximum atomic E-state index is 12.8. The van der Waals surface area contributed by atoms with Crippen LogP contribution in [0.4, 0.5) is 0 Å². The van der Waals surface area contributed by atoms with Crippen molar-refractivity contribution in [1.29, 1.82) is 0 Å². The number of hydrogen-bond acceptors (Lipinski definition) is 3. The van der Waals surface area contributed by atoms with Gasteiger partial charge in [0.25, 0.3) is 0 Å². The molecule has 0 unspecified atom stereocenters. The molecule has 5 nitrogen and oxygen atoms in total. The highest BCUT2D eigenvalue weighted by atomic mass is 79.9. The van der Waals surface area contributed by atoms with E-state index < -0.39 is 0 Å². The van der Waals surface area contributed by atoms with Crippen molar-refractivity contribution in [3.63, 3.8) is 0 Å². The van der Waals surface area contributed by atoms with Crippen molar-refractivity contribution in [2.24, 2.45) is 5.92 Å². The van der Waals surface area contributed by atoms with Gasteiger partial charge in [-0.2, -0.15) is 0 Å². The summed E-state index contributed by atoms with van der Waals surface area (Å²) in [4.78, 5) is 28.9. The molecule has 1 aliphatic carbocycles. The molecule has 0 spiro atoms. The highest BCUT2D eigenvalue weighted by Crippen LogP contribution is 2.43. The molecule has 2 heterocycles. The number of nitrogens with zero attached hydrogens (tertiary/aromatic N) is 2. The van der Waals surface area contributed by atoms with Crippen molar-refractivity contribution in [2.45, 2.75) is 43.7 Å². The molecule has 2 saturated heterocycles. The zero-order valence-electron chi connectivity index (χ0n) is 14.1. The fourth-order valence-corrected chi connectivity index (χ4v) is 5.05. The number of halogens is 1. The summed E-state index contributed by atoms with van der Waals surface area (Å²) < 4.78 is 1.01. The molecule has 0 bridgehead atoms. The Bertz CT molecular complexity index is 672. The number of rotatable bonds is 3. The lowest BCUT2D eigenvalue weighted by Gasteiger charge is -2.59. The van der Waals surface area contributed by atoms with E-state index in [1.165, 1.54) is 0 Å². The van der Waals surface area contributed by atoms with Gasteiger partial charge in [0.1, 0.15) is 0 Å². The molecular weight excluding hydrogens is 384 g/mol. The van der Waals surface area contributed by atoms with Gasteiger partial charge in [-0.15, -0.1) is 0 Å². The summed E-state index contributed by atoms with van der Waals surface area (Å²) in [5.74, 6) is 0.294. The monoisotopic (exact) mass is 406 g/mol. The summed E-state index contributed by atoms with van der Waals surface area (Å²) in [6.07, 6.45) is 4.13. The lowest BCUT2D eigenvalue weighted by atomic mass is 9.73. The molecule has 2 amide bonds. The van der Waals surface area contributed by atoms with Crippen LogP contribution in [-0.2, 0) is 9.59 Å². The van der Waals surface area contributed by atoms with Gasteiger partial charge >= 0.3 is 0 Å². The molecule has 1 aromatic rings. The van der Waals surface area contributed by atoms with E-state index in [1.807, 2.05) is 24.3 Å². The first-order chi connectivity index (χ1) is 12.1. The molecule has 6 heteroatoms. The molecule has 2 aliphatic heterocycles. The van der Waals surface area contributed by atoms with Crippen molar-refractivity contribution in [3.05, 3.63) is 34.3 Å². The number of piperazine rings is 1. The third-order valence-electron chi connectivity index (χ3n) is 6.02. The third-order valence-corrected chi connectivity index (χ3v) is 6.55. The Morgan fingerprint density at radius 1 is 1.20 bits per heavy atom. The average Bonchev–Trinajstić information content (AvgIpc) is 3.12. The minimum atomic E-state index is -0.178. The van der Waals surface area contributed by atoms with E-state index in [1.54, 1.807) is 9.80 Å². The Hall–Kier alpha value is -1.40. The van der Waals surface area contributed by atoms with E-state index in [4.69, 9.17) is 0 Å². The van der Waals surface area contributed by atoms with Crippen LogP contribution in [0.1, 0.15) is 37.2 Å². The predicted octanol–water partition coefficient (Wildman–Crippen LogP) is 2.14. The van der Waals surface area contributed by atoms with Crippen LogP contribution >= 0.6 is 15.9 Å². The maximum Gasteiger partial charge on any atom is 0.242 e. The van der Waals surface area contributed by atoms with Gasteiger partial charge in [-0.25, -0.2) is 0 Å². The maximum absolute atomic E-state index is 12.8. The number of hydrogen-bond donors (Lipinski definition) is 1. The van der Waals surface area contributed by atoms with Crippen LogP contribution in [-0.4, -0.2) is 58.5 Å². The van der Waals surface area contributed by atoms with Crippen molar-refractivity contribution < 1.29 is 14.7 Å². The van der Waals surface area contributed by atoms with Crippen molar-refractivity contribution in [1.82, 2.24) is 9.80 Å². The van der Waals surface area contributed by atoms with Gasteiger partial charge in [0, 0.05) is 22.9 Å². The molecule has 134 valence electrons. The standard InChI is InChI=1S/C19H23BrN2O3/c20-14-7-5-12(6-8-14)18-15-9-21(19(25)13-3-1-2-4-13)10-17(24)22(15)16(18)11-23/h5-8,13,15-16,18,23H,1-4,9-11H2/t15-,16+,18+/m0/s1. The summed E-state index contributed by atoms with van der Waals surface area (Å²) >= 11 is 3.44. The minimum absolute atomic E-state index is 0.0232. The zero-order chi connectivity index (χ0) is 17.6. The Labute approximate surface area is 156 Å². The third kappa shape index (κ3) is 2.89. The normalized spacial score (nSPS) is 29.5. The number of carbonyl (C=O) groups excluding carboxylic acids is 2. The van der Waals surface area contributed by atoms with E-state index in [9.17, 15) is 14.7 Å². The second-order valence-electron chi connectivity index (χ2n) is 7.40. The second-order valence-corrected chi connectivity index (χ2v) is 8.31. The first-order valence-electron chi connectivity index (χ1n) is 9.06. The lowest BCUT2D eigenvalue weighted by Crippen LogP contribution is -2.73. The van der Waals surface area contributed by atoms with E-state index in [0.29, 0.717) is 6.54 Å². The molecule has 1 saturated carbocycles. The number of benzene rings is 1. The summed E-state index contributed by atoms with van der Waals surface area (Å²) in [5.41, 5.74) is 1.12. The molecule has 3 aliphatic rings. The summed E-state index contributed by atoms with van der Waals surface area (Å²) in [6.45, 7) is 0.702. The van der Waals surface area contributed by atoms with Crippen LogP contribution in [0.25, 0.3) is 0 Å². The molecule has 1 N–H and O–H groups in total. The summed E-state index contributed by atoms with van der Waals surface area (Å²) in [7, 11) is 0. The molecular formula is C19H23BrN2O3. The summed E-state index contributed by atoms with van der Waals surface area (Å²) in [6, 6.07) is 7.85. The van der Waals surface area contributed by atoms with Crippen LogP contribution in [0.2, 0.25) is 0 Å². The van der Waals surface area contributed by atoms with E-state index in [0.717, 1.165) is 35.7 Å². The minimum Gasteiger partial charge on any atom is -0.394 e. The molecule has 3 fully saturated rings. The van der Waals surface area contributed by atoms with Gasteiger partial charge in [0.05, 0.1) is 25.2 Å². The molecule has 0 aromatic heterocycles. The van der Waals surface area contributed by atoms with Gasteiger partial charge in [0.15, 0.2) is 0 Å². The van der Waals surface area contributed by atoms with Crippen LogP contribution in [0.15, 0.2) is 28.7 Å². The molecule has 3 atom stereocenters. The highest BCUT2D eigenvalue weighted by molar-refractivity contribution is 9.10. The van der Waals surface area contributed by atoms with Crippen molar-refractivity contribution in [2.75, 3.05) is 19.7 Å². The Morgan fingerprint density at radius 2 is 1.88 bits per heavy atom. The van der Waals surface area contributed by atoms with Crippen molar-refractivity contribution in [3.8, 4) is 0 Å². The summed E-state index contributed by atoms with van der Waals surface area (Å²) in [5, 5.41) is 9.79. The lowest BCUT2D eigenvalue weighted by molar-refractivity contribution is -0.168. The fourth-order valence-electron chi connectivity index (χ4n) is 4.78. The van der Waals surface area contributed by atoms with Crippen molar-refractivity contribution >= 4 is 27.7 Å². The van der Waals surface area contributed by atoms with E-state index in [-0.39, 0.29) is 48.9 Å². The Balaban J connectivity index is 1.55. The van der Waals surface area contributed by atoms with Crippen LogP contribution < -0.4 is 0 Å². The number of aliphatic hydroxyl groups excluding tert-OH is 1. The van der Waals surface area contributed by atoms with Crippen LogP contribution in [0.5, 0.6) is 0 Å². The predicted molar refractivity (Wildman–Crippen MR) is 96.9 cm³/mol. The second kappa shape index (κ2) is 6.72. The van der Waals surface area contributed by atoms with Gasteiger partial charge in [-0.05, 0) is 30.5 Å². The Morgan fingerprint density at radius 3 is 2.52 bits per heavy atom.